The molecule has 0 aliphatic carbocycles. The molecule has 1 amide bonds. The average molecular weight is 363 g/mol. The third kappa shape index (κ3) is 4.01. The second kappa shape index (κ2) is 7.63. The number of carbonyl (C=O) groups is 1. The number of nitrogens with zero attached hydrogens (tertiary/aromatic N) is 2. The van der Waals surface area contributed by atoms with E-state index in [-0.39, 0.29) is 5.91 Å². The van der Waals surface area contributed by atoms with Crippen molar-refractivity contribution in [3.05, 3.63) is 76.3 Å². The molecule has 138 valence electrons. The van der Waals surface area contributed by atoms with Crippen molar-refractivity contribution in [3.8, 4) is 0 Å². The van der Waals surface area contributed by atoms with Crippen molar-refractivity contribution in [2.75, 3.05) is 32.7 Å². The van der Waals surface area contributed by atoms with Gasteiger partial charge in [0.25, 0.3) is 5.91 Å². The van der Waals surface area contributed by atoms with E-state index in [1.165, 1.54) is 5.56 Å². The molecule has 0 saturated carbocycles. The summed E-state index contributed by atoms with van der Waals surface area (Å²) in [5, 5.41) is 0. The summed E-state index contributed by atoms with van der Waals surface area (Å²) in [5.74, 6) is -0.523. The molecule has 0 radical (unpaired) electrons. The maximum atomic E-state index is 12.7. The summed E-state index contributed by atoms with van der Waals surface area (Å²) in [7, 11) is 0. The zero-order chi connectivity index (χ0) is 18.6. The normalized spacial score (nSPS) is 15.6. The van der Waals surface area contributed by atoms with Gasteiger partial charge < -0.3 is 9.32 Å². The van der Waals surface area contributed by atoms with E-state index < -0.39 is 5.76 Å². The summed E-state index contributed by atoms with van der Waals surface area (Å²) in [4.78, 5) is 30.8. The van der Waals surface area contributed by atoms with E-state index in [1.807, 2.05) is 23.1 Å². The van der Waals surface area contributed by atoms with Gasteiger partial charge in [-0.15, -0.1) is 0 Å². The average Bonchev–Trinajstić information content (AvgIpc) is 3.08. The fraction of sp³-hybridized carbons (Fsp3) is 0.238. The predicted octanol–water partition coefficient (Wildman–Crippen LogP) is 2.59. The van der Waals surface area contributed by atoms with Gasteiger partial charge in [0.2, 0.25) is 0 Å². The number of nitrogens with one attached hydrogen (secondary N) is 1. The number of oxazole rings is 1. The summed E-state index contributed by atoms with van der Waals surface area (Å²) in [6, 6.07) is 15.3. The van der Waals surface area contributed by atoms with Crippen LogP contribution in [0.2, 0.25) is 0 Å². The molecule has 1 saturated heterocycles. The van der Waals surface area contributed by atoms with Crippen LogP contribution in [0.1, 0.15) is 15.9 Å². The standard InChI is InChI=1S/C21H21N3O3/c25-20(17-8-9-19-18(15-17)22-21(26)27-19)24-13-11-23(12-14-24)10-4-7-16-5-2-1-3-6-16/h1-9,15H,10-14H2,(H,22,26)/b7-4+. The molecule has 6 heteroatoms. The molecule has 1 aliphatic rings. The topological polar surface area (TPSA) is 69.5 Å². The number of aromatic amines is 1. The third-order valence-electron chi connectivity index (χ3n) is 4.80. The van der Waals surface area contributed by atoms with Crippen LogP contribution in [0.5, 0.6) is 0 Å². The lowest BCUT2D eigenvalue weighted by Gasteiger charge is -2.34. The fourth-order valence-electron chi connectivity index (χ4n) is 3.30. The van der Waals surface area contributed by atoms with Crippen molar-refractivity contribution in [1.82, 2.24) is 14.8 Å². The second-order valence-corrected chi connectivity index (χ2v) is 6.63. The quantitative estimate of drug-likeness (QED) is 0.774. The Balaban J connectivity index is 1.33. The van der Waals surface area contributed by atoms with Crippen molar-refractivity contribution in [1.29, 1.82) is 0 Å². The van der Waals surface area contributed by atoms with Crippen molar-refractivity contribution in [2.45, 2.75) is 0 Å². The van der Waals surface area contributed by atoms with Gasteiger partial charge in [0, 0.05) is 38.3 Å². The van der Waals surface area contributed by atoms with Gasteiger partial charge in [0.05, 0.1) is 5.52 Å². The molecule has 0 unspecified atom stereocenters. The zero-order valence-corrected chi connectivity index (χ0v) is 14.9. The number of fused-ring (bicyclic) bond motifs is 1. The lowest BCUT2D eigenvalue weighted by molar-refractivity contribution is 0.0650. The number of aromatic nitrogens is 1. The third-order valence-corrected chi connectivity index (χ3v) is 4.80. The SMILES string of the molecule is O=C(c1ccc2oc(=O)[nH]c2c1)N1CCN(C/C=C/c2ccccc2)CC1. The van der Waals surface area contributed by atoms with E-state index in [0.29, 0.717) is 29.8 Å². The number of rotatable bonds is 4. The monoisotopic (exact) mass is 363 g/mol. The van der Waals surface area contributed by atoms with Gasteiger partial charge in [-0.3, -0.25) is 14.7 Å². The van der Waals surface area contributed by atoms with Crippen molar-refractivity contribution < 1.29 is 9.21 Å². The molecule has 6 nitrogen and oxygen atoms in total. The lowest BCUT2D eigenvalue weighted by Crippen LogP contribution is -2.48. The molecule has 1 N–H and O–H groups in total. The number of piperazine rings is 1. The Labute approximate surface area is 156 Å². The number of amides is 1. The number of benzene rings is 2. The van der Waals surface area contributed by atoms with Gasteiger partial charge in [0.15, 0.2) is 5.58 Å². The summed E-state index contributed by atoms with van der Waals surface area (Å²) in [5.41, 5.74) is 2.78. The number of carbonyl (C=O) groups excluding carboxylic acids is 1. The molecule has 2 heterocycles. The van der Waals surface area contributed by atoms with Crippen molar-refractivity contribution >= 4 is 23.1 Å². The first-order valence-corrected chi connectivity index (χ1v) is 9.05. The van der Waals surface area contributed by atoms with Crippen molar-refractivity contribution in [2.24, 2.45) is 0 Å². The highest BCUT2D eigenvalue weighted by Crippen LogP contribution is 2.15. The second-order valence-electron chi connectivity index (χ2n) is 6.63. The molecule has 2 aromatic carbocycles. The molecule has 0 spiro atoms. The largest absolute Gasteiger partial charge is 0.417 e. The van der Waals surface area contributed by atoms with Gasteiger partial charge >= 0.3 is 5.76 Å². The van der Waals surface area contributed by atoms with E-state index >= 15 is 0 Å². The van der Waals surface area contributed by atoms with Crippen LogP contribution in [0.15, 0.2) is 63.8 Å². The van der Waals surface area contributed by atoms with E-state index in [9.17, 15) is 9.59 Å². The summed E-state index contributed by atoms with van der Waals surface area (Å²) < 4.78 is 4.98. The van der Waals surface area contributed by atoms with Gasteiger partial charge in [-0.25, -0.2) is 4.79 Å². The van der Waals surface area contributed by atoms with Crippen LogP contribution < -0.4 is 5.76 Å². The van der Waals surface area contributed by atoms with E-state index in [0.717, 1.165) is 19.6 Å². The maximum absolute atomic E-state index is 12.7. The molecule has 1 aromatic heterocycles. The highest BCUT2D eigenvalue weighted by Gasteiger charge is 2.22. The van der Waals surface area contributed by atoms with Crippen LogP contribution >= 0.6 is 0 Å². The predicted molar refractivity (Wildman–Crippen MR) is 105 cm³/mol. The van der Waals surface area contributed by atoms with Gasteiger partial charge in [0.1, 0.15) is 0 Å². The Morgan fingerprint density at radius 1 is 1.07 bits per heavy atom. The Morgan fingerprint density at radius 2 is 1.85 bits per heavy atom. The number of H-pyrrole nitrogens is 1. The van der Waals surface area contributed by atoms with Gasteiger partial charge in [-0.1, -0.05) is 42.5 Å². The first-order valence-electron chi connectivity index (χ1n) is 9.05. The molecule has 1 aliphatic heterocycles. The van der Waals surface area contributed by atoms with Crippen LogP contribution in [0.3, 0.4) is 0 Å². The maximum Gasteiger partial charge on any atom is 0.417 e. The zero-order valence-electron chi connectivity index (χ0n) is 14.9. The van der Waals surface area contributed by atoms with Gasteiger partial charge in [-0.05, 0) is 23.8 Å². The molecule has 1 fully saturated rings. The Kier molecular flexibility index (Phi) is 4.89. The minimum absolute atomic E-state index is 0.0153. The fourth-order valence-corrected chi connectivity index (χ4v) is 3.30. The Morgan fingerprint density at radius 3 is 2.63 bits per heavy atom. The van der Waals surface area contributed by atoms with Crippen LogP contribution in [0, 0.1) is 0 Å². The molecule has 27 heavy (non-hydrogen) atoms. The molecular weight excluding hydrogens is 342 g/mol. The van der Waals surface area contributed by atoms with Crippen molar-refractivity contribution in [3.63, 3.8) is 0 Å². The smallest absolute Gasteiger partial charge is 0.408 e. The minimum Gasteiger partial charge on any atom is -0.408 e. The van der Waals surface area contributed by atoms with Crippen LogP contribution in [0.25, 0.3) is 17.2 Å². The molecular formula is C21H21N3O3. The highest BCUT2D eigenvalue weighted by molar-refractivity contribution is 5.97. The van der Waals surface area contributed by atoms with Gasteiger partial charge in [-0.2, -0.15) is 0 Å². The van der Waals surface area contributed by atoms with Crippen LogP contribution in [-0.4, -0.2) is 53.4 Å². The minimum atomic E-state index is -0.508. The molecule has 4 rings (SSSR count). The first kappa shape index (κ1) is 17.3. The van der Waals surface area contributed by atoms with E-state index in [2.05, 4.69) is 34.2 Å². The van der Waals surface area contributed by atoms with E-state index in [4.69, 9.17) is 4.42 Å². The first-order chi connectivity index (χ1) is 13.2. The number of hydrogen-bond acceptors (Lipinski definition) is 4. The molecule has 0 bridgehead atoms. The molecule has 3 aromatic rings. The summed E-state index contributed by atoms with van der Waals surface area (Å²) in [6.07, 6.45) is 4.29. The van der Waals surface area contributed by atoms with Crippen LogP contribution in [0.4, 0.5) is 0 Å². The summed E-state index contributed by atoms with van der Waals surface area (Å²) >= 11 is 0. The summed E-state index contributed by atoms with van der Waals surface area (Å²) in [6.45, 7) is 3.94. The Bertz CT molecular complexity index is 1010. The Hall–Kier alpha value is -3.12. The molecule has 0 atom stereocenters. The highest BCUT2D eigenvalue weighted by atomic mass is 16.4. The number of hydrogen-bond donors (Lipinski definition) is 1. The van der Waals surface area contributed by atoms with Crippen LogP contribution in [-0.2, 0) is 0 Å². The van der Waals surface area contributed by atoms with E-state index in [1.54, 1.807) is 18.2 Å². The lowest BCUT2D eigenvalue weighted by atomic mass is 10.1.